The predicted molar refractivity (Wildman–Crippen MR) is 77.3 cm³/mol. The lowest BCUT2D eigenvalue weighted by Crippen LogP contribution is -2.10. The lowest BCUT2D eigenvalue weighted by Gasteiger charge is -2.26. The number of carboxylic acids is 1. The van der Waals surface area contributed by atoms with E-state index in [1.807, 2.05) is 6.07 Å². The van der Waals surface area contributed by atoms with Gasteiger partial charge in [-0.05, 0) is 36.5 Å². The minimum absolute atomic E-state index is 0.389. The molecule has 1 N–H and O–H groups in total. The monoisotopic (exact) mass is 275 g/mol. The summed E-state index contributed by atoms with van der Waals surface area (Å²) in [5.74, 6) is 0.0470. The van der Waals surface area contributed by atoms with Crippen molar-refractivity contribution in [3.8, 4) is 0 Å². The van der Waals surface area contributed by atoms with Gasteiger partial charge in [-0.2, -0.15) is 0 Å². The van der Waals surface area contributed by atoms with Gasteiger partial charge in [0.25, 0.3) is 0 Å². The molecule has 0 amide bonds. The fourth-order valence-electron chi connectivity index (χ4n) is 2.47. The Bertz CT molecular complexity index is 641. The van der Waals surface area contributed by atoms with Gasteiger partial charge in [0.1, 0.15) is 0 Å². The van der Waals surface area contributed by atoms with Gasteiger partial charge in [0.15, 0.2) is 0 Å². The highest BCUT2D eigenvalue weighted by Gasteiger charge is 2.25. The molecule has 1 heterocycles. The van der Waals surface area contributed by atoms with Crippen LogP contribution in [0.2, 0.25) is 0 Å². The van der Waals surface area contributed by atoms with Gasteiger partial charge < -0.3 is 5.11 Å². The summed E-state index contributed by atoms with van der Waals surface area (Å²) >= 11 is 1.63. The first kappa shape index (κ1) is 12.6. The van der Waals surface area contributed by atoms with Crippen molar-refractivity contribution >= 4 is 27.5 Å². The van der Waals surface area contributed by atoms with Crippen LogP contribution in [0.4, 0.5) is 0 Å². The largest absolute Gasteiger partial charge is 0.478 e. The maximum Gasteiger partial charge on any atom is 0.335 e. The Morgan fingerprint density at radius 3 is 2.68 bits per heavy atom. The number of hydrogen-bond donors (Lipinski definition) is 1. The highest BCUT2D eigenvalue weighted by molar-refractivity contribution is 7.18. The van der Waals surface area contributed by atoms with Crippen LogP contribution in [-0.4, -0.2) is 16.1 Å². The molecule has 0 radical (unpaired) electrons. The fraction of sp³-hybridized carbons (Fsp3) is 0.467. The molecule has 1 saturated carbocycles. The number of rotatable bonds is 3. The second-order valence-electron chi connectivity index (χ2n) is 5.55. The summed E-state index contributed by atoms with van der Waals surface area (Å²) in [6, 6.07) is 3.60. The van der Waals surface area contributed by atoms with Crippen LogP contribution in [0.25, 0.3) is 10.2 Å². The number of carboxylic acid groups (broad SMARTS) is 1. The summed E-state index contributed by atoms with van der Waals surface area (Å²) in [6.45, 7) is 4.25. The summed E-state index contributed by atoms with van der Waals surface area (Å²) in [7, 11) is 0. The summed E-state index contributed by atoms with van der Waals surface area (Å²) in [5.41, 5.74) is 2.57. The summed E-state index contributed by atoms with van der Waals surface area (Å²) in [6.07, 6.45) is 3.56. The van der Waals surface area contributed by atoms with Crippen molar-refractivity contribution in [2.75, 3.05) is 0 Å². The zero-order valence-corrected chi connectivity index (χ0v) is 12.0. The normalized spacial score (nSPS) is 15.9. The van der Waals surface area contributed by atoms with Gasteiger partial charge in [-0.1, -0.05) is 20.3 Å². The molecule has 4 heteroatoms. The van der Waals surface area contributed by atoms with Gasteiger partial charge in [-0.25, -0.2) is 9.78 Å². The van der Waals surface area contributed by atoms with Gasteiger partial charge in [0.05, 0.1) is 20.8 Å². The number of fused-ring (bicyclic) bond motifs is 1. The first-order valence-electron chi connectivity index (χ1n) is 6.74. The van der Waals surface area contributed by atoms with Crippen LogP contribution in [-0.2, 0) is 0 Å². The number of nitrogens with zero attached hydrogens (tertiary/aromatic N) is 1. The third-order valence-electron chi connectivity index (χ3n) is 3.83. The molecule has 1 aromatic heterocycles. The lowest BCUT2D eigenvalue weighted by molar-refractivity contribution is 0.0697. The van der Waals surface area contributed by atoms with E-state index in [1.54, 1.807) is 17.4 Å². The first-order valence-corrected chi connectivity index (χ1v) is 7.55. The first-order chi connectivity index (χ1) is 9.06. The van der Waals surface area contributed by atoms with E-state index in [0.717, 1.165) is 33.6 Å². The van der Waals surface area contributed by atoms with Crippen LogP contribution in [0, 0.1) is 0 Å². The van der Waals surface area contributed by atoms with Crippen molar-refractivity contribution in [1.82, 2.24) is 4.98 Å². The van der Waals surface area contributed by atoms with Crippen LogP contribution in [0.15, 0.2) is 12.1 Å². The molecule has 19 heavy (non-hydrogen) atoms. The number of aromatic carboxylic acids is 1. The molecule has 2 aromatic rings. The van der Waals surface area contributed by atoms with Crippen LogP contribution < -0.4 is 0 Å². The van der Waals surface area contributed by atoms with Gasteiger partial charge >= 0.3 is 5.97 Å². The van der Waals surface area contributed by atoms with E-state index in [0.29, 0.717) is 17.4 Å². The molecule has 0 atom stereocenters. The number of aromatic nitrogens is 1. The van der Waals surface area contributed by atoms with E-state index in [4.69, 9.17) is 4.98 Å². The Balaban J connectivity index is 2.21. The summed E-state index contributed by atoms with van der Waals surface area (Å²) < 4.78 is 1.02. The molecule has 0 unspecified atom stereocenters. The molecule has 100 valence electrons. The van der Waals surface area contributed by atoms with Crippen LogP contribution in [0.3, 0.4) is 0 Å². The second kappa shape index (κ2) is 4.60. The standard InChI is InChI=1S/C15H17NO2S/c1-8(2)14-16-13-11(9-4-3-5-9)6-10(15(17)18)7-12(13)19-14/h6-9H,3-5H2,1-2H3,(H,17,18). The third kappa shape index (κ3) is 2.14. The van der Waals surface area contributed by atoms with Crippen LogP contribution >= 0.6 is 11.3 Å². The van der Waals surface area contributed by atoms with Crippen molar-refractivity contribution in [2.24, 2.45) is 0 Å². The number of benzene rings is 1. The number of carbonyl (C=O) groups is 1. The van der Waals surface area contributed by atoms with Crippen molar-refractivity contribution < 1.29 is 9.90 Å². The molecule has 0 spiro atoms. The van der Waals surface area contributed by atoms with Gasteiger partial charge in [-0.15, -0.1) is 11.3 Å². The molecule has 3 nitrogen and oxygen atoms in total. The Labute approximate surface area is 116 Å². The highest BCUT2D eigenvalue weighted by atomic mass is 32.1. The van der Waals surface area contributed by atoms with Gasteiger partial charge in [0.2, 0.25) is 0 Å². The zero-order chi connectivity index (χ0) is 13.6. The van der Waals surface area contributed by atoms with Crippen molar-refractivity contribution in [3.63, 3.8) is 0 Å². The maximum atomic E-state index is 11.3. The van der Waals surface area contributed by atoms with E-state index in [2.05, 4.69) is 13.8 Å². The zero-order valence-electron chi connectivity index (χ0n) is 11.1. The van der Waals surface area contributed by atoms with Gasteiger partial charge in [0, 0.05) is 5.92 Å². The Hall–Kier alpha value is -1.42. The van der Waals surface area contributed by atoms with E-state index < -0.39 is 5.97 Å². The topological polar surface area (TPSA) is 50.2 Å². The molecular formula is C15H17NO2S. The quantitative estimate of drug-likeness (QED) is 0.904. The van der Waals surface area contributed by atoms with Crippen molar-refractivity contribution in [3.05, 3.63) is 28.3 Å². The maximum absolute atomic E-state index is 11.3. The SMILES string of the molecule is CC(C)c1nc2c(C3CCC3)cc(C(=O)O)cc2s1. The fourth-order valence-corrected chi connectivity index (χ4v) is 3.52. The molecular weight excluding hydrogens is 258 g/mol. The molecule has 0 saturated heterocycles. The summed E-state index contributed by atoms with van der Waals surface area (Å²) in [5, 5.41) is 10.3. The molecule has 3 rings (SSSR count). The molecule has 0 bridgehead atoms. The van der Waals surface area contributed by atoms with Crippen molar-refractivity contribution in [1.29, 1.82) is 0 Å². The number of hydrogen-bond acceptors (Lipinski definition) is 3. The second-order valence-corrected chi connectivity index (χ2v) is 6.61. The predicted octanol–water partition coefficient (Wildman–Crippen LogP) is 4.39. The minimum Gasteiger partial charge on any atom is -0.478 e. The van der Waals surface area contributed by atoms with E-state index in [9.17, 15) is 9.90 Å². The highest BCUT2D eigenvalue weighted by Crippen LogP contribution is 2.41. The van der Waals surface area contributed by atoms with E-state index in [-0.39, 0.29) is 0 Å². The van der Waals surface area contributed by atoms with Crippen molar-refractivity contribution in [2.45, 2.75) is 44.9 Å². The Kier molecular flexibility index (Phi) is 3.05. The number of thiazole rings is 1. The average molecular weight is 275 g/mol. The van der Waals surface area contributed by atoms with E-state index in [1.165, 1.54) is 6.42 Å². The molecule has 1 aromatic carbocycles. The smallest absolute Gasteiger partial charge is 0.335 e. The third-order valence-corrected chi connectivity index (χ3v) is 5.13. The Morgan fingerprint density at radius 2 is 2.16 bits per heavy atom. The Morgan fingerprint density at radius 1 is 1.42 bits per heavy atom. The van der Waals surface area contributed by atoms with E-state index >= 15 is 0 Å². The molecule has 1 aliphatic carbocycles. The summed E-state index contributed by atoms with van der Waals surface area (Å²) in [4.78, 5) is 16.0. The average Bonchev–Trinajstić information content (AvgIpc) is 2.70. The van der Waals surface area contributed by atoms with Gasteiger partial charge in [-0.3, -0.25) is 0 Å². The molecule has 1 aliphatic rings. The van der Waals surface area contributed by atoms with Crippen LogP contribution in [0.5, 0.6) is 0 Å². The minimum atomic E-state index is -0.845. The molecule has 1 fully saturated rings. The molecule has 0 aliphatic heterocycles. The van der Waals surface area contributed by atoms with Crippen LogP contribution in [0.1, 0.15) is 65.9 Å². The lowest BCUT2D eigenvalue weighted by atomic mass is 9.79.